The zero-order valence-electron chi connectivity index (χ0n) is 36.3. The van der Waals surface area contributed by atoms with Gasteiger partial charge < -0.3 is 60.8 Å². The molecule has 4 aliphatic rings. The summed E-state index contributed by atoms with van der Waals surface area (Å²) >= 11 is 0. The fourth-order valence-electron chi connectivity index (χ4n) is 8.59. The topological polar surface area (TPSA) is 368 Å². The summed E-state index contributed by atoms with van der Waals surface area (Å²) in [7, 11) is 1.49. The number of carbonyl (C=O) groups is 2. The maximum Gasteiger partial charge on any atom is 0.360 e. The van der Waals surface area contributed by atoms with Gasteiger partial charge in [0.1, 0.15) is 36.6 Å². The number of anilines is 2. The molecule has 2 aliphatic heterocycles. The van der Waals surface area contributed by atoms with E-state index >= 15 is 0 Å². The number of aromatic nitrogens is 14. The summed E-state index contributed by atoms with van der Waals surface area (Å²) in [5.41, 5.74) is 1.64. The number of aliphatic hydroxyl groups excluding tert-OH is 6. The summed E-state index contributed by atoms with van der Waals surface area (Å²) in [6.45, 7) is 0.995. The predicted octanol–water partition coefficient (Wildman–Crippen LogP) is -1.72. The van der Waals surface area contributed by atoms with Crippen LogP contribution in [0, 0.1) is 0 Å². The zero-order valence-corrected chi connectivity index (χ0v) is 36.3. The molecule has 6 aromatic heterocycles. The SMILES string of the molecule is CCOC(=O)c1cn(-c2nc(NC3CCCC3)c3ncn(C4O[C@H](CO)[C@@H](O)[C@H]4O)c3n2)nn1.CNC(=O)c1cn(-c2nc(NC3CCCC3)c3ncn([C@@H]4O[C@H](CO)[C@@H](O)[C@H]4O)c3n2)nn1. The highest BCUT2D eigenvalue weighted by Gasteiger charge is 2.45. The Labute approximate surface area is 379 Å². The van der Waals surface area contributed by atoms with Crippen LogP contribution in [0.1, 0.15) is 91.7 Å². The van der Waals surface area contributed by atoms with Gasteiger partial charge in [-0.15, -0.1) is 10.2 Å². The summed E-state index contributed by atoms with van der Waals surface area (Å²) in [6.07, 6.45) is 5.05. The van der Waals surface area contributed by atoms with E-state index in [-0.39, 0.29) is 42.0 Å². The molecular weight excluding hydrogens is 883 g/mol. The van der Waals surface area contributed by atoms with Crippen molar-refractivity contribution in [1.82, 2.24) is 74.3 Å². The van der Waals surface area contributed by atoms with Gasteiger partial charge in [0, 0.05) is 19.1 Å². The van der Waals surface area contributed by atoms with Gasteiger partial charge in [-0.1, -0.05) is 36.1 Å². The van der Waals surface area contributed by atoms with Crippen LogP contribution in [0.25, 0.3) is 34.2 Å². The molecule has 2 saturated carbocycles. The van der Waals surface area contributed by atoms with E-state index in [9.17, 15) is 40.2 Å². The van der Waals surface area contributed by atoms with Crippen molar-refractivity contribution < 1.29 is 54.4 Å². The fourth-order valence-corrected chi connectivity index (χ4v) is 8.59. The number of fused-ring (bicyclic) bond motifs is 2. The Morgan fingerprint density at radius 1 is 0.687 bits per heavy atom. The van der Waals surface area contributed by atoms with Crippen LogP contribution in [0.3, 0.4) is 0 Å². The third-order valence-electron chi connectivity index (χ3n) is 12.1. The van der Waals surface area contributed by atoms with Crippen molar-refractivity contribution in [2.75, 3.05) is 37.5 Å². The number of hydrogen-bond donors (Lipinski definition) is 9. The van der Waals surface area contributed by atoms with E-state index in [0.717, 1.165) is 51.4 Å². The normalized spacial score (nSPS) is 25.5. The molecule has 0 spiro atoms. The molecule has 28 nitrogen and oxygen atoms in total. The molecule has 1 unspecified atom stereocenters. The molecule has 4 fully saturated rings. The Balaban J connectivity index is 0.000000168. The molecule has 0 aromatic carbocycles. The first kappa shape index (κ1) is 45.7. The van der Waals surface area contributed by atoms with Gasteiger partial charge in [-0.05, 0) is 32.6 Å². The average molecular weight is 934 g/mol. The average Bonchev–Trinajstić information content (AvgIpc) is 4.19. The van der Waals surface area contributed by atoms with Gasteiger partial charge in [0.15, 0.2) is 57.8 Å². The number of nitrogens with one attached hydrogen (secondary N) is 3. The number of nitrogens with zero attached hydrogens (tertiary/aromatic N) is 14. The van der Waals surface area contributed by atoms with E-state index < -0.39 is 74.2 Å². The molecule has 1 amide bonds. The van der Waals surface area contributed by atoms with E-state index in [1.54, 1.807) is 6.92 Å². The Morgan fingerprint density at radius 2 is 1.13 bits per heavy atom. The number of aliphatic hydroxyl groups is 6. The van der Waals surface area contributed by atoms with Crippen molar-refractivity contribution >= 4 is 45.8 Å². The van der Waals surface area contributed by atoms with E-state index in [4.69, 9.17) is 14.2 Å². The van der Waals surface area contributed by atoms with E-state index in [1.807, 2.05) is 0 Å². The number of hydrogen-bond acceptors (Lipinski definition) is 23. The van der Waals surface area contributed by atoms with Crippen molar-refractivity contribution in [3.63, 3.8) is 0 Å². The molecule has 10 rings (SSSR count). The van der Waals surface area contributed by atoms with E-state index in [0.29, 0.717) is 34.0 Å². The van der Waals surface area contributed by atoms with Crippen molar-refractivity contribution in [2.45, 2.75) is 119 Å². The minimum Gasteiger partial charge on any atom is -0.461 e. The molecule has 8 atom stereocenters. The highest BCUT2D eigenvalue weighted by atomic mass is 16.6. The number of ether oxygens (including phenoxy) is 3. The van der Waals surface area contributed by atoms with Crippen molar-refractivity contribution in [1.29, 1.82) is 0 Å². The first-order valence-corrected chi connectivity index (χ1v) is 22.0. The van der Waals surface area contributed by atoms with Crippen molar-refractivity contribution in [3.05, 3.63) is 36.4 Å². The maximum absolute atomic E-state index is 12.0. The van der Waals surface area contributed by atoms with Gasteiger partial charge in [0.2, 0.25) is 0 Å². The third-order valence-corrected chi connectivity index (χ3v) is 12.1. The maximum atomic E-state index is 12.0. The van der Waals surface area contributed by atoms with Gasteiger partial charge in [0.05, 0.1) is 44.9 Å². The smallest absolute Gasteiger partial charge is 0.360 e. The van der Waals surface area contributed by atoms with Crippen LogP contribution in [0.15, 0.2) is 25.0 Å². The van der Waals surface area contributed by atoms with Crippen LogP contribution < -0.4 is 16.0 Å². The standard InChI is InChI=1S/C20H26N8O6.C19H25N9O5/c1-2-33-19(32)11-7-28(26-25-11)20-23-16(22-10-5-3-4-6-10)13-17(24-20)27(9-21-13)18-15(31)14(30)12(8-29)34-18;1-20-17(32)10-6-28(26-25-10)19-23-15(22-9-4-2-3-5-9)12-16(24-19)27(8-21-12)18-14(31)13(30)11(7-29)33-18/h7,9-10,12,14-15,18,29-31H,2-6,8H2,1H3,(H,22,23,24);6,8-9,11,13-14,18,29-31H,2-5,7H2,1H3,(H,20,32)(H,22,23,24)/t12-,14-,15-,18?;11-,13-,14-,18-/m11/s1. The number of esters is 1. The highest BCUT2D eigenvalue weighted by Crippen LogP contribution is 2.35. The van der Waals surface area contributed by atoms with Crippen molar-refractivity contribution in [2.24, 2.45) is 0 Å². The molecule has 358 valence electrons. The first-order valence-electron chi connectivity index (χ1n) is 22.0. The lowest BCUT2D eigenvalue weighted by Crippen LogP contribution is -2.33. The summed E-state index contributed by atoms with van der Waals surface area (Å²) < 4.78 is 21.8. The number of rotatable bonds is 13. The zero-order chi connectivity index (χ0) is 46.9. The lowest BCUT2D eigenvalue weighted by Gasteiger charge is -2.17. The van der Waals surface area contributed by atoms with Crippen LogP contribution in [0.5, 0.6) is 0 Å². The number of amides is 1. The van der Waals surface area contributed by atoms with Gasteiger partial charge in [0.25, 0.3) is 17.8 Å². The minimum absolute atomic E-state index is 0.00724. The quantitative estimate of drug-likeness (QED) is 0.0582. The Bertz CT molecular complexity index is 2700. The molecule has 2 saturated heterocycles. The van der Waals surface area contributed by atoms with Gasteiger partial charge in [-0.25, -0.2) is 14.8 Å². The van der Waals surface area contributed by atoms with Crippen LogP contribution in [0.4, 0.5) is 11.6 Å². The molecule has 28 heteroatoms. The molecule has 6 aromatic rings. The predicted molar refractivity (Wildman–Crippen MR) is 228 cm³/mol. The van der Waals surface area contributed by atoms with Gasteiger partial charge in [-0.2, -0.15) is 29.3 Å². The van der Waals surface area contributed by atoms with Crippen LogP contribution >= 0.6 is 0 Å². The Morgan fingerprint density at radius 3 is 1.55 bits per heavy atom. The lowest BCUT2D eigenvalue weighted by molar-refractivity contribution is -0.0511. The van der Waals surface area contributed by atoms with Crippen LogP contribution in [-0.2, 0) is 14.2 Å². The summed E-state index contributed by atoms with van der Waals surface area (Å²) in [4.78, 5) is 51.0. The molecule has 9 N–H and O–H groups in total. The summed E-state index contributed by atoms with van der Waals surface area (Å²) in [5.74, 6) is 0.178. The molecule has 67 heavy (non-hydrogen) atoms. The molecule has 2 aliphatic carbocycles. The largest absolute Gasteiger partial charge is 0.461 e. The second kappa shape index (κ2) is 19.4. The molecule has 0 bridgehead atoms. The summed E-state index contributed by atoms with van der Waals surface area (Å²) in [5, 5.41) is 85.2. The van der Waals surface area contributed by atoms with Crippen LogP contribution in [-0.4, -0.2) is 187 Å². The van der Waals surface area contributed by atoms with E-state index in [2.05, 4.69) is 66.5 Å². The molecule has 0 radical (unpaired) electrons. The monoisotopic (exact) mass is 933 g/mol. The Hall–Kier alpha value is -6.40. The van der Waals surface area contributed by atoms with Crippen molar-refractivity contribution in [3.8, 4) is 11.9 Å². The molecule has 8 heterocycles. The highest BCUT2D eigenvalue weighted by molar-refractivity contribution is 5.91. The lowest BCUT2D eigenvalue weighted by atomic mass is 10.1. The minimum atomic E-state index is -1.30. The number of imidazole rings is 2. The van der Waals surface area contributed by atoms with Gasteiger partial charge in [-0.3, -0.25) is 13.9 Å². The van der Waals surface area contributed by atoms with Gasteiger partial charge >= 0.3 is 5.97 Å². The molecular formula is C39H51N17O11. The van der Waals surface area contributed by atoms with E-state index in [1.165, 1.54) is 50.6 Å². The summed E-state index contributed by atoms with van der Waals surface area (Å²) in [6, 6.07) is 0.447. The fraction of sp³-hybridized carbons (Fsp3) is 0.590. The second-order valence-corrected chi connectivity index (χ2v) is 16.5. The second-order valence-electron chi connectivity index (χ2n) is 16.5. The van der Waals surface area contributed by atoms with Crippen LogP contribution in [0.2, 0.25) is 0 Å². The third kappa shape index (κ3) is 8.95. The first-order chi connectivity index (χ1) is 32.5. The Kier molecular flexibility index (Phi) is 13.3. The number of carbonyl (C=O) groups excluding carboxylic acids is 2.